The molecule has 4 nitrogen and oxygen atoms in total. The molecule has 4 rings (SSSR count). The van der Waals surface area contributed by atoms with Crippen LogP contribution in [0.1, 0.15) is 30.1 Å². The molecule has 1 aliphatic carbocycles. The van der Waals surface area contributed by atoms with Gasteiger partial charge in [-0.05, 0) is 67.0 Å². The number of ether oxygens (including phenoxy) is 2. The Morgan fingerprint density at radius 1 is 1.11 bits per heavy atom. The van der Waals surface area contributed by atoms with Gasteiger partial charge in [0, 0.05) is 19.6 Å². The first-order valence-corrected chi connectivity index (χ1v) is 9.99. The minimum atomic E-state index is -0.501. The monoisotopic (exact) mass is 385 g/mol. The Morgan fingerprint density at radius 2 is 1.79 bits per heavy atom. The van der Waals surface area contributed by atoms with Gasteiger partial charge in [-0.1, -0.05) is 18.2 Å². The molecule has 0 spiro atoms. The summed E-state index contributed by atoms with van der Waals surface area (Å²) in [5.41, 5.74) is 1.81. The third-order valence-electron chi connectivity index (χ3n) is 6.10. The highest BCUT2D eigenvalue weighted by Crippen LogP contribution is 2.40. The van der Waals surface area contributed by atoms with Crippen molar-refractivity contribution in [1.82, 2.24) is 4.90 Å². The van der Waals surface area contributed by atoms with Crippen LogP contribution in [0, 0.1) is 24.6 Å². The summed E-state index contributed by atoms with van der Waals surface area (Å²) in [6.07, 6.45) is 1.49. The third kappa shape index (κ3) is 4.15. The van der Waals surface area contributed by atoms with Crippen LogP contribution in [0.2, 0.25) is 0 Å². The minimum absolute atomic E-state index is 0.0841. The Morgan fingerprint density at radius 3 is 2.39 bits per heavy atom. The van der Waals surface area contributed by atoms with Crippen molar-refractivity contribution in [3.63, 3.8) is 0 Å². The molecule has 150 valence electrons. The number of likely N-dealkylation sites (tertiary alicyclic amines) is 1. The van der Waals surface area contributed by atoms with Crippen LogP contribution in [-0.4, -0.2) is 42.9 Å². The number of hydrogen-bond acceptors (Lipinski definition) is 4. The van der Waals surface area contributed by atoms with Crippen LogP contribution in [0.4, 0.5) is 4.39 Å². The van der Waals surface area contributed by atoms with Gasteiger partial charge in [-0.2, -0.15) is 0 Å². The zero-order valence-electron chi connectivity index (χ0n) is 16.5. The Labute approximate surface area is 165 Å². The van der Waals surface area contributed by atoms with Crippen molar-refractivity contribution in [1.29, 1.82) is 0 Å². The van der Waals surface area contributed by atoms with Crippen LogP contribution >= 0.6 is 0 Å². The Balaban J connectivity index is 1.29. The molecule has 2 aromatic carbocycles. The molecule has 0 amide bonds. The van der Waals surface area contributed by atoms with Gasteiger partial charge in [-0.15, -0.1) is 0 Å². The number of aryl methyl sites for hydroxylation is 1. The lowest BCUT2D eigenvalue weighted by Crippen LogP contribution is -2.29. The van der Waals surface area contributed by atoms with Crippen LogP contribution in [-0.2, 0) is 0 Å². The fourth-order valence-corrected chi connectivity index (χ4v) is 4.64. The Hall–Kier alpha value is -2.11. The molecular formula is C23H28FNO3. The van der Waals surface area contributed by atoms with E-state index in [9.17, 15) is 9.50 Å². The highest BCUT2D eigenvalue weighted by molar-refractivity contribution is 5.29. The lowest BCUT2D eigenvalue weighted by molar-refractivity contribution is 0.115. The van der Waals surface area contributed by atoms with E-state index in [0.717, 1.165) is 42.8 Å². The number of rotatable bonds is 6. The fourth-order valence-electron chi connectivity index (χ4n) is 4.64. The van der Waals surface area contributed by atoms with Gasteiger partial charge in [0.1, 0.15) is 5.75 Å². The molecule has 0 radical (unpaired) electrons. The molecule has 1 saturated carbocycles. The number of aliphatic hydroxyl groups is 1. The first kappa shape index (κ1) is 19.2. The molecule has 0 bridgehead atoms. The number of fused-ring (bicyclic) bond motifs is 1. The first-order chi connectivity index (χ1) is 13.5. The SMILES string of the molecule is COc1ccc(C(O)CN2C[C@H]3CC(Oc4ccc(C)cc4F)C[C@H]3C2)cc1. The molecule has 1 heterocycles. The van der Waals surface area contributed by atoms with Crippen LogP contribution in [0.15, 0.2) is 42.5 Å². The van der Waals surface area contributed by atoms with Crippen molar-refractivity contribution >= 4 is 0 Å². The second kappa shape index (κ2) is 8.10. The molecular weight excluding hydrogens is 357 g/mol. The largest absolute Gasteiger partial charge is 0.497 e. The first-order valence-electron chi connectivity index (χ1n) is 9.99. The van der Waals surface area contributed by atoms with Gasteiger partial charge in [0.15, 0.2) is 11.6 Å². The highest BCUT2D eigenvalue weighted by Gasteiger charge is 2.42. The van der Waals surface area contributed by atoms with E-state index in [-0.39, 0.29) is 11.9 Å². The average Bonchev–Trinajstić information content (AvgIpc) is 3.22. The van der Waals surface area contributed by atoms with Gasteiger partial charge in [-0.25, -0.2) is 4.39 Å². The summed E-state index contributed by atoms with van der Waals surface area (Å²) in [7, 11) is 1.64. The molecule has 1 aliphatic heterocycles. The van der Waals surface area contributed by atoms with Crippen LogP contribution in [0.3, 0.4) is 0 Å². The number of aliphatic hydroxyl groups excluding tert-OH is 1. The summed E-state index contributed by atoms with van der Waals surface area (Å²) >= 11 is 0. The number of halogens is 1. The maximum atomic E-state index is 14.0. The lowest BCUT2D eigenvalue weighted by atomic mass is 10.0. The van der Waals surface area contributed by atoms with Crippen molar-refractivity contribution in [2.45, 2.75) is 32.0 Å². The molecule has 28 heavy (non-hydrogen) atoms. The summed E-state index contributed by atoms with van der Waals surface area (Å²) < 4.78 is 25.2. The molecule has 2 fully saturated rings. The Kier molecular flexibility index (Phi) is 5.56. The van der Waals surface area contributed by atoms with Crippen molar-refractivity contribution < 1.29 is 19.0 Å². The zero-order chi connectivity index (χ0) is 19.7. The van der Waals surface area contributed by atoms with E-state index < -0.39 is 6.10 Å². The zero-order valence-corrected chi connectivity index (χ0v) is 16.5. The standard InChI is InChI=1S/C23H28FNO3/c1-15-3-8-23(21(24)9-15)28-20-10-17-12-25(13-18(17)11-20)14-22(26)16-4-6-19(27-2)7-5-16/h3-9,17-18,20,22,26H,10-14H2,1-2H3/t17-,18+,20?,22?. The molecule has 1 N–H and O–H groups in total. The molecule has 2 aliphatic rings. The van der Waals surface area contributed by atoms with E-state index in [1.165, 1.54) is 6.07 Å². The number of nitrogens with zero attached hydrogens (tertiary/aromatic N) is 1. The van der Waals surface area contributed by atoms with Gasteiger partial charge < -0.3 is 14.6 Å². The van der Waals surface area contributed by atoms with E-state index in [1.54, 1.807) is 13.2 Å². The van der Waals surface area contributed by atoms with E-state index in [2.05, 4.69) is 4.90 Å². The van der Waals surface area contributed by atoms with E-state index >= 15 is 0 Å². The second-order valence-electron chi connectivity index (χ2n) is 8.17. The van der Waals surface area contributed by atoms with E-state index in [1.807, 2.05) is 37.3 Å². The summed E-state index contributed by atoms with van der Waals surface area (Å²) in [6, 6.07) is 12.7. The van der Waals surface area contributed by atoms with Gasteiger partial charge in [-0.3, -0.25) is 4.90 Å². The summed E-state index contributed by atoms with van der Waals surface area (Å²) in [4.78, 5) is 2.34. The molecule has 4 atom stereocenters. The summed E-state index contributed by atoms with van der Waals surface area (Å²) in [5.74, 6) is 1.99. The highest BCUT2D eigenvalue weighted by atomic mass is 19.1. The fraction of sp³-hybridized carbons (Fsp3) is 0.478. The predicted octanol–water partition coefficient (Wildman–Crippen LogP) is 3.97. The van der Waals surface area contributed by atoms with Crippen molar-refractivity contribution in [2.24, 2.45) is 11.8 Å². The average molecular weight is 385 g/mol. The Bertz CT molecular complexity index is 796. The normalized spacial score (nSPS) is 25.5. The quantitative estimate of drug-likeness (QED) is 0.817. The number of β-amino-alcohol motifs (C(OH)–C–C–N with tert-alkyl or cyclic N) is 1. The third-order valence-corrected chi connectivity index (χ3v) is 6.10. The molecule has 5 heteroatoms. The van der Waals surface area contributed by atoms with Gasteiger partial charge in [0.25, 0.3) is 0 Å². The number of methoxy groups -OCH3 is 1. The van der Waals surface area contributed by atoms with Gasteiger partial charge in [0.05, 0.1) is 19.3 Å². The molecule has 2 unspecified atom stereocenters. The molecule has 2 aromatic rings. The van der Waals surface area contributed by atoms with Gasteiger partial charge >= 0.3 is 0 Å². The van der Waals surface area contributed by atoms with Crippen molar-refractivity contribution in [2.75, 3.05) is 26.7 Å². The second-order valence-corrected chi connectivity index (χ2v) is 8.17. The summed E-state index contributed by atoms with van der Waals surface area (Å²) in [6.45, 7) is 4.45. The predicted molar refractivity (Wildman–Crippen MR) is 106 cm³/mol. The van der Waals surface area contributed by atoms with Crippen molar-refractivity contribution in [3.8, 4) is 11.5 Å². The molecule has 1 saturated heterocycles. The topological polar surface area (TPSA) is 41.9 Å². The van der Waals surface area contributed by atoms with E-state index in [4.69, 9.17) is 9.47 Å². The summed E-state index contributed by atoms with van der Waals surface area (Å²) in [5, 5.41) is 10.6. The van der Waals surface area contributed by atoms with Gasteiger partial charge in [0.2, 0.25) is 0 Å². The molecule has 0 aromatic heterocycles. The minimum Gasteiger partial charge on any atom is -0.497 e. The maximum absolute atomic E-state index is 14.0. The van der Waals surface area contributed by atoms with Crippen LogP contribution in [0.5, 0.6) is 11.5 Å². The smallest absolute Gasteiger partial charge is 0.165 e. The lowest BCUT2D eigenvalue weighted by Gasteiger charge is -2.22. The van der Waals surface area contributed by atoms with E-state index in [0.29, 0.717) is 24.1 Å². The van der Waals surface area contributed by atoms with Crippen LogP contribution in [0.25, 0.3) is 0 Å². The number of benzene rings is 2. The van der Waals surface area contributed by atoms with Crippen LogP contribution < -0.4 is 9.47 Å². The maximum Gasteiger partial charge on any atom is 0.165 e. The van der Waals surface area contributed by atoms with Crippen molar-refractivity contribution in [3.05, 3.63) is 59.4 Å². The number of hydrogen-bond donors (Lipinski definition) is 1.